The topological polar surface area (TPSA) is 76.3 Å². The predicted octanol–water partition coefficient (Wildman–Crippen LogP) is 2.71. The molecule has 0 spiro atoms. The van der Waals surface area contributed by atoms with Gasteiger partial charge >= 0.3 is 0 Å². The number of carbonyl (C=O) groups is 1. The van der Waals surface area contributed by atoms with E-state index in [1.165, 1.54) is 6.33 Å². The van der Waals surface area contributed by atoms with Gasteiger partial charge in [0.25, 0.3) is 11.7 Å². The fourth-order valence-corrected chi connectivity index (χ4v) is 3.77. The minimum atomic E-state index is -0.00406. The predicted molar refractivity (Wildman–Crippen MR) is 102 cm³/mol. The molecule has 3 aromatic rings. The largest absolute Gasteiger partial charge is 0.337 e. The normalized spacial score (nSPS) is 20.2. The first kappa shape index (κ1) is 17.6. The SMILES string of the molecule is Cc1cc([C@@H]2CN(C(=O)c3cc(C)c(C)cn3)CC[C@H]2C)n2ncnc2n1. The van der Waals surface area contributed by atoms with Crippen molar-refractivity contribution in [3.63, 3.8) is 0 Å². The van der Waals surface area contributed by atoms with Crippen LogP contribution >= 0.6 is 0 Å². The number of aryl methyl sites for hydroxylation is 3. The van der Waals surface area contributed by atoms with Crippen LogP contribution < -0.4 is 0 Å². The molecule has 2 atom stereocenters. The van der Waals surface area contributed by atoms with Crippen LogP contribution in [0.15, 0.2) is 24.7 Å². The van der Waals surface area contributed by atoms with Gasteiger partial charge < -0.3 is 4.90 Å². The molecule has 140 valence electrons. The van der Waals surface area contributed by atoms with Gasteiger partial charge in [-0.15, -0.1) is 0 Å². The van der Waals surface area contributed by atoms with Crippen molar-refractivity contribution in [1.29, 1.82) is 0 Å². The summed E-state index contributed by atoms with van der Waals surface area (Å²) in [5.74, 6) is 1.23. The third-order valence-corrected chi connectivity index (χ3v) is 5.62. The molecule has 0 aromatic carbocycles. The van der Waals surface area contributed by atoms with Crippen molar-refractivity contribution in [2.75, 3.05) is 13.1 Å². The third-order valence-electron chi connectivity index (χ3n) is 5.62. The van der Waals surface area contributed by atoms with Crippen molar-refractivity contribution in [3.05, 3.63) is 52.9 Å². The minimum Gasteiger partial charge on any atom is -0.337 e. The van der Waals surface area contributed by atoms with Gasteiger partial charge in [0.05, 0.1) is 5.69 Å². The van der Waals surface area contributed by atoms with Gasteiger partial charge in [0.2, 0.25) is 0 Å². The summed E-state index contributed by atoms with van der Waals surface area (Å²) in [7, 11) is 0. The molecule has 0 aliphatic carbocycles. The van der Waals surface area contributed by atoms with E-state index in [1.54, 1.807) is 10.7 Å². The summed E-state index contributed by atoms with van der Waals surface area (Å²) in [6.07, 6.45) is 4.25. The van der Waals surface area contributed by atoms with Gasteiger partial charge in [-0.2, -0.15) is 10.1 Å². The summed E-state index contributed by atoms with van der Waals surface area (Å²) in [5.41, 5.74) is 4.68. The molecule has 0 N–H and O–H groups in total. The van der Waals surface area contributed by atoms with E-state index in [9.17, 15) is 4.79 Å². The van der Waals surface area contributed by atoms with Crippen molar-refractivity contribution < 1.29 is 4.79 Å². The number of hydrogen-bond acceptors (Lipinski definition) is 5. The van der Waals surface area contributed by atoms with Gasteiger partial charge in [-0.25, -0.2) is 9.50 Å². The fraction of sp³-hybridized carbons (Fsp3) is 0.450. The van der Waals surface area contributed by atoms with E-state index < -0.39 is 0 Å². The zero-order valence-electron chi connectivity index (χ0n) is 16.2. The molecule has 27 heavy (non-hydrogen) atoms. The Kier molecular flexibility index (Phi) is 4.37. The highest BCUT2D eigenvalue weighted by Crippen LogP contribution is 2.33. The number of carbonyl (C=O) groups excluding carboxylic acids is 1. The Hall–Kier alpha value is -2.83. The average molecular weight is 364 g/mol. The van der Waals surface area contributed by atoms with Crippen molar-refractivity contribution in [2.24, 2.45) is 5.92 Å². The van der Waals surface area contributed by atoms with E-state index >= 15 is 0 Å². The number of pyridine rings is 1. The van der Waals surface area contributed by atoms with Gasteiger partial charge in [0.15, 0.2) is 0 Å². The lowest BCUT2D eigenvalue weighted by atomic mass is 9.84. The van der Waals surface area contributed by atoms with E-state index in [4.69, 9.17) is 0 Å². The van der Waals surface area contributed by atoms with Gasteiger partial charge in [-0.05, 0) is 56.4 Å². The lowest BCUT2D eigenvalue weighted by molar-refractivity contribution is 0.0660. The summed E-state index contributed by atoms with van der Waals surface area (Å²) in [5, 5.41) is 4.35. The highest BCUT2D eigenvalue weighted by Gasteiger charge is 2.32. The minimum absolute atomic E-state index is 0.00406. The standard InChI is InChI=1S/C20H24N6O/c1-12-5-6-25(19(27)17-7-13(2)14(3)9-21-17)10-16(12)18-8-15(4)24-20-22-11-23-26(18)20/h7-9,11-12,16H,5-6,10H2,1-4H3/t12-,16-/m1/s1. The number of piperidine rings is 1. The maximum atomic E-state index is 13.0. The average Bonchev–Trinajstić information content (AvgIpc) is 3.11. The molecule has 1 aliphatic rings. The van der Waals surface area contributed by atoms with E-state index in [0.29, 0.717) is 23.9 Å². The van der Waals surface area contributed by atoms with Crippen LogP contribution in [0.1, 0.15) is 52.3 Å². The molecule has 0 bridgehead atoms. The number of nitrogens with zero attached hydrogens (tertiary/aromatic N) is 6. The van der Waals surface area contributed by atoms with Crippen LogP contribution in [-0.2, 0) is 0 Å². The Bertz CT molecular complexity index is 1010. The molecule has 7 heteroatoms. The summed E-state index contributed by atoms with van der Waals surface area (Å²) in [4.78, 5) is 28.0. The van der Waals surface area contributed by atoms with Crippen LogP contribution in [0.5, 0.6) is 0 Å². The molecule has 0 unspecified atom stereocenters. The molecule has 0 saturated carbocycles. The van der Waals surface area contributed by atoms with Crippen LogP contribution in [0.25, 0.3) is 5.78 Å². The highest BCUT2D eigenvalue weighted by atomic mass is 16.2. The Morgan fingerprint density at radius 2 is 1.96 bits per heavy atom. The molecule has 1 saturated heterocycles. The van der Waals surface area contributed by atoms with Crippen LogP contribution in [0.4, 0.5) is 0 Å². The quantitative estimate of drug-likeness (QED) is 0.699. The highest BCUT2D eigenvalue weighted by molar-refractivity contribution is 5.92. The van der Waals surface area contributed by atoms with Gasteiger partial charge in [-0.3, -0.25) is 9.78 Å². The molecule has 7 nitrogen and oxygen atoms in total. The Balaban J connectivity index is 1.65. The maximum absolute atomic E-state index is 13.0. The molecular formula is C20H24N6O. The first-order chi connectivity index (χ1) is 12.9. The molecular weight excluding hydrogens is 340 g/mol. The van der Waals surface area contributed by atoms with Crippen molar-refractivity contribution in [2.45, 2.75) is 40.0 Å². The summed E-state index contributed by atoms with van der Waals surface area (Å²) in [6, 6.07) is 3.95. The van der Waals surface area contributed by atoms with E-state index in [0.717, 1.165) is 35.5 Å². The van der Waals surface area contributed by atoms with Gasteiger partial charge in [0, 0.05) is 30.9 Å². The van der Waals surface area contributed by atoms with Gasteiger partial charge in [-0.1, -0.05) is 6.92 Å². The number of likely N-dealkylation sites (tertiary alicyclic amines) is 1. The number of hydrogen-bond donors (Lipinski definition) is 0. The van der Waals surface area contributed by atoms with Crippen molar-refractivity contribution in [1.82, 2.24) is 29.5 Å². The second-order valence-corrected chi connectivity index (χ2v) is 7.57. The van der Waals surface area contributed by atoms with Crippen molar-refractivity contribution >= 4 is 11.7 Å². The Labute approximate surface area is 158 Å². The lowest BCUT2D eigenvalue weighted by Crippen LogP contribution is -2.43. The zero-order valence-corrected chi connectivity index (χ0v) is 16.2. The molecule has 1 fully saturated rings. The maximum Gasteiger partial charge on any atom is 0.272 e. The number of aromatic nitrogens is 5. The number of rotatable bonds is 2. The van der Waals surface area contributed by atoms with Crippen LogP contribution in [0.2, 0.25) is 0 Å². The molecule has 4 rings (SSSR count). The molecule has 3 aromatic heterocycles. The smallest absolute Gasteiger partial charge is 0.272 e. The van der Waals surface area contributed by atoms with Crippen molar-refractivity contribution in [3.8, 4) is 0 Å². The van der Waals surface area contributed by atoms with E-state index in [1.807, 2.05) is 31.7 Å². The summed E-state index contributed by atoms with van der Waals surface area (Å²) < 4.78 is 1.80. The second-order valence-electron chi connectivity index (χ2n) is 7.57. The second kappa shape index (κ2) is 6.72. The lowest BCUT2D eigenvalue weighted by Gasteiger charge is -2.37. The van der Waals surface area contributed by atoms with Crippen LogP contribution in [-0.4, -0.2) is 48.5 Å². The van der Waals surface area contributed by atoms with Crippen LogP contribution in [0, 0.1) is 26.7 Å². The van der Waals surface area contributed by atoms with E-state index in [-0.39, 0.29) is 11.8 Å². The molecule has 0 radical (unpaired) electrons. The Morgan fingerprint density at radius 3 is 2.74 bits per heavy atom. The Morgan fingerprint density at radius 1 is 1.15 bits per heavy atom. The molecule has 1 aliphatic heterocycles. The van der Waals surface area contributed by atoms with E-state index in [2.05, 4.69) is 33.0 Å². The third kappa shape index (κ3) is 3.18. The fourth-order valence-electron chi connectivity index (χ4n) is 3.77. The number of amides is 1. The zero-order chi connectivity index (χ0) is 19.1. The summed E-state index contributed by atoms with van der Waals surface area (Å²) in [6.45, 7) is 9.61. The molecule has 1 amide bonds. The number of fused-ring (bicyclic) bond motifs is 1. The summed E-state index contributed by atoms with van der Waals surface area (Å²) >= 11 is 0. The first-order valence-corrected chi connectivity index (χ1v) is 9.34. The first-order valence-electron chi connectivity index (χ1n) is 9.34. The molecule has 4 heterocycles. The van der Waals surface area contributed by atoms with Crippen LogP contribution in [0.3, 0.4) is 0 Å². The van der Waals surface area contributed by atoms with Gasteiger partial charge in [0.1, 0.15) is 12.0 Å². The monoisotopic (exact) mass is 364 g/mol.